The van der Waals surface area contributed by atoms with Crippen LogP contribution < -0.4 is 5.32 Å². The molecule has 112 valence electrons. The minimum Gasteiger partial charge on any atom is -0.372 e. The SMILES string of the molecule is CNc1nc(Cc2ccccc2C)nc(CC(C)C)c1I. The summed E-state index contributed by atoms with van der Waals surface area (Å²) < 4.78 is 1.14. The molecule has 0 aliphatic rings. The highest BCUT2D eigenvalue weighted by molar-refractivity contribution is 14.1. The molecule has 1 N–H and O–H groups in total. The van der Waals surface area contributed by atoms with E-state index in [4.69, 9.17) is 4.98 Å². The number of anilines is 1. The molecule has 0 radical (unpaired) electrons. The van der Waals surface area contributed by atoms with Crippen molar-refractivity contribution < 1.29 is 0 Å². The van der Waals surface area contributed by atoms with Crippen LogP contribution >= 0.6 is 22.6 Å². The molecule has 4 heteroatoms. The molecule has 0 aliphatic carbocycles. The zero-order valence-corrected chi connectivity index (χ0v) is 15.2. The summed E-state index contributed by atoms with van der Waals surface area (Å²) >= 11 is 2.34. The summed E-state index contributed by atoms with van der Waals surface area (Å²) in [5.41, 5.74) is 3.72. The van der Waals surface area contributed by atoms with Gasteiger partial charge in [-0.05, 0) is 53.0 Å². The van der Waals surface area contributed by atoms with Crippen LogP contribution in [0.3, 0.4) is 0 Å². The maximum absolute atomic E-state index is 4.80. The minimum atomic E-state index is 0.587. The van der Waals surface area contributed by atoms with E-state index < -0.39 is 0 Å². The molecule has 21 heavy (non-hydrogen) atoms. The second-order valence-corrected chi connectivity index (χ2v) is 6.78. The molecule has 0 aliphatic heterocycles. The zero-order chi connectivity index (χ0) is 15.4. The van der Waals surface area contributed by atoms with Gasteiger partial charge in [0, 0.05) is 13.5 Å². The molecule has 1 aromatic heterocycles. The molecule has 0 atom stereocenters. The van der Waals surface area contributed by atoms with Crippen LogP contribution in [-0.4, -0.2) is 17.0 Å². The molecule has 2 aromatic rings. The third-order valence-corrected chi connectivity index (χ3v) is 4.55. The molecule has 0 saturated carbocycles. The third kappa shape index (κ3) is 4.15. The monoisotopic (exact) mass is 395 g/mol. The fourth-order valence-electron chi connectivity index (χ4n) is 2.29. The Morgan fingerprint density at radius 2 is 1.90 bits per heavy atom. The number of rotatable bonds is 5. The van der Waals surface area contributed by atoms with Gasteiger partial charge in [-0.15, -0.1) is 0 Å². The van der Waals surface area contributed by atoms with Crippen molar-refractivity contribution >= 4 is 28.4 Å². The normalized spacial score (nSPS) is 11.0. The van der Waals surface area contributed by atoms with Gasteiger partial charge in [0.2, 0.25) is 0 Å². The number of hydrogen-bond acceptors (Lipinski definition) is 3. The lowest BCUT2D eigenvalue weighted by atomic mass is 10.0. The predicted molar refractivity (Wildman–Crippen MR) is 96.8 cm³/mol. The average Bonchev–Trinajstić information content (AvgIpc) is 2.44. The van der Waals surface area contributed by atoms with Gasteiger partial charge >= 0.3 is 0 Å². The molecule has 0 unspecified atom stereocenters. The highest BCUT2D eigenvalue weighted by Crippen LogP contribution is 2.22. The fourth-order valence-corrected chi connectivity index (χ4v) is 3.02. The van der Waals surface area contributed by atoms with Crippen molar-refractivity contribution in [3.63, 3.8) is 0 Å². The predicted octanol–water partition coefficient (Wildman–Crippen LogP) is 4.22. The Morgan fingerprint density at radius 1 is 1.19 bits per heavy atom. The van der Waals surface area contributed by atoms with Crippen molar-refractivity contribution in [3.05, 3.63) is 50.5 Å². The number of aryl methyl sites for hydroxylation is 1. The summed E-state index contributed by atoms with van der Waals surface area (Å²) in [6.45, 7) is 6.58. The Morgan fingerprint density at radius 3 is 2.52 bits per heavy atom. The lowest BCUT2D eigenvalue weighted by Gasteiger charge is -2.13. The fraction of sp³-hybridized carbons (Fsp3) is 0.412. The molecule has 3 nitrogen and oxygen atoms in total. The number of nitrogens with one attached hydrogen (secondary N) is 1. The van der Waals surface area contributed by atoms with Crippen molar-refractivity contribution in [2.45, 2.75) is 33.6 Å². The molecular weight excluding hydrogens is 373 g/mol. The van der Waals surface area contributed by atoms with E-state index in [0.717, 1.165) is 33.7 Å². The Balaban J connectivity index is 2.37. The molecule has 0 bridgehead atoms. The van der Waals surface area contributed by atoms with E-state index in [1.165, 1.54) is 11.1 Å². The number of halogens is 1. The first kappa shape index (κ1) is 16.2. The van der Waals surface area contributed by atoms with Gasteiger partial charge in [0.15, 0.2) is 0 Å². The molecular formula is C17H22IN3. The number of nitrogens with zero attached hydrogens (tertiary/aromatic N) is 2. The highest BCUT2D eigenvalue weighted by Gasteiger charge is 2.13. The van der Waals surface area contributed by atoms with Crippen molar-refractivity contribution in [2.24, 2.45) is 5.92 Å². The second kappa shape index (κ2) is 7.20. The van der Waals surface area contributed by atoms with Crippen LogP contribution in [-0.2, 0) is 12.8 Å². The lowest BCUT2D eigenvalue weighted by molar-refractivity contribution is 0.628. The second-order valence-electron chi connectivity index (χ2n) is 5.70. The first-order valence-electron chi connectivity index (χ1n) is 7.28. The van der Waals surface area contributed by atoms with Crippen LogP contribution in [0.1, 0.15) is 36.5 Å². The smallest absolute Gasteiger partial charge is 0.143 e. The van der Waals surface area contributed by atoms with Crippen LogP contribution in [0.5, 0.6) is 0 Å². The van der Waals surface area contributed by atoms with Crippen molar-refractivity contribution in [3.8, 4) is 0 Å². The van der Waals surface area contributed by atoms with Gasteiger partial charge in [-0.3, -0.25) is 0 Å². The van der Waals surface area contributed by atoms with Crippen LogP contribution in [0.25, 0.3) is 0 Å². The summed E-state index contributed by atoms with van der Waals surface area (Å²) in [7, 11) is 1.92. The number of benzene rings is 1. The molecule has 1 aromatic carbocycles. The summed E-state index contributed by atoms with van der Waals surface area (Å²) in [5.74, 6) is 2.42. The van der Waals surface area contributed by atoms with E-state index in [0.29, 0.717) is 5.92 Å². The largest absolute Gasteiger partial charge is 0.372 e. The molecule has 0 amide bonds. The van der Waals surface area contributed by atoms with Crippen molar-refractivity contribution in [1.82, 2.24) is 9.97 Å². The molecule has 2 rings (SSSR count). The van der Waals surface area contributed by atoms with Crippen LogP contribution in [0.15, 0.2) is 24.3 Å². The Labute approximate surface area is 140 Å². The summed E-state index contributed by atoms with van der Waals surface area (Å²) in [4.78, 5) is 9.46. The number of aromatic nitrogens is 2. The van der Waals surface area contributed by atoms with Crippen LogP contribution in [0.4, 0.5) is 5.82 Å². The maximum atomic E-state index is 4.80. The van der Waals surface area contributed by atoms with Gasteiger partial charge < -0.3 is 5.32 Å². The molecule has 0 spiro atoms. The summed E-state index contributed by atoms with van der Waals surface area (Å²) in [6.07, 6.45) is 1.76. The van der Waals surface area contributed by atoms with Crippen molar-refractivity contribution in [1.29, 1.82) is 0 Å². The van der Waals surface area contributed by atoms with E-state index in [1.54, 1.807) is 0 Å². The standard InChI is InChI=1S/C17H22IN3/c1-11(2)9-14-16(18)17(19-4)21-15(20-14)10-13-8-6-5-7-12(13)3/h5-8,11H,9-10H2,1-4H3,(H,19,20,21). The van der Waals surface area contributed by atoms with Gasteiger partial charge in [0.25, 0.3) is 0 Å². The molecule has 0 fully saturated rings. The van der Waals surface area contributed by atoms with Gasteiger partial charge in [0.1, 0.15) is 11.6 Å². The Kier molecular flexibility index (Phi) is 5.56. The van der Waals surface area contributed by atoms with Crippen LogP contribution in [0.2, 0.25) is 0 Å². The topological polar surface area (TPSA) is 37.8 Å². The van der Waals surface area contributed by atoms with Gasteiger partial charge in [0.05, 0.1) is 9.26 Å². The Bertz CT molecular complexity index is 623. The lowest BCUT2D eigenvalue weighted by Crippen LogP contribution is -2.10. The average molecular weight is 395 g/mol. The minimum absolute atomic E-state index is 0.587. The molecule has 1 heterocycles. The zero-order valence-electron chi connectivity index (χ0n) is 13.1. The van der Waals surface area contributed by atoms with Crippen LogP contribution in [0, 0.1) is 16.4 Å². The van der Waals surface area contributed by atoms with Gasteiger partial charge in [-0.2, -0.15) is 0 Å². The number of hydrogen-bond donors (Lipinski definition) is 1. The van der Waals surface area contributed by atoms with E-state index >= 15 is 0 Å². The van der Waals surface area contributed by atoms with E-state index in [-0.39, 0.29) is 0 Å². The van der Waals surface area contributed by atoms with Gasteiger partial charge in [-0.1, -0.05) is 38.1 Å². The van der Waals surface area contributed by atoms with E-state index in [2.05, 4.69) is 77.9 Å². The summed E-state index contributed by atoms with van der Waals surface area (Å²) in [5, 5.41) is 3.19. The third-order valence-electron chi connectivity index (χ3n) is 3.41. The van der Waals surface area contributed by atoms with Crippen molar-refractivity contribution in [2.75, 3.05) is 12.4 Å². The van der Waals surface area contributed by atoms with E-state index in [1.807, 2.05) is 7.05 Å². The maximum Gasteiger partial charge on any atom is 0.143 e. The molecule has 0 saturated heterocycles. The Hall–Kier alpha value is -1.17. The van der Waals surface area contributed by atoms with Gasteiger partial charge in [-0.25, -0.2) is 9.97 Å². The highest BCUT2D eigenvalue weighted by atomic mass is 127. The quantitative estimate of drug-likeness (QED) is 0.771. The first-order valence-corrected chi connectivity index (χ1v) is 8.36. The summed E-state index contributed by atoms with van der Waals surface area (Å²) in [6, 6.07) is 8.42. The van der Waals surface area contributed by atoms with E-state index in [9.17, 15) is 0 Å². The first-order chi connectivity index (χ1) is 10.0.